The molecule has 1 aromatic rings. The van der Waals surface area contributed by atoms with Gasteiger partial charge < -0.3 is 9.84 Å². The van der Waals surface area contributed by atoms with Crippen molar-refractivity contribution in [3.05, 3.63) is 22.4 Å². The summed E-state index contributed by atoms with van der Waals surface area (Å²) in [5.74, 6) is 0. The molecule has 16 heavy (non-hydrogen) atoms. The van der Waals surface area contributed by atoms with Gasteiger partial charge >= 0.3 is 0 Å². The minimum Gasteiger partial charge on any atom is -0.390 e. The molecule has 2 nitrogen and oxygen atoms in total. The van der Waals surface area contributed by atoms with E-state index in [4.69, 9.17) is 4.74 Å². The molecule has 1 aliphatic rings. The molecule has 1 atom stereocenters. The molecule has 0 amide bonds. The Balaban J connectivity index is 1.89. The van der Waals surface area contributed by atoms with Gasteiger partial charge in [0.15, 0.2) is 0 Å². The summed E-state index contributed by atoms with van der Waals surface area (Å²) in [7, 11) is 1.74. The predicted molar refractivity (Wildman–Crippen MR) is 66.9 cm³/mol. The Morgan fingerprint density at radius 1 is 1.50 bits per heavy atom. The average Bonchev–Trinajstić information content (AvgIpc) is 2.97. The first-order valence-electron chi connectivity index (χ1n) is 6.01. The van der Waals surface area contributed by atoms with Crippen LogP contribution in [0.5, 0.6) is 0 Å². The van der Waals surface area contributed by atoms with Gasteiger partial charge in [-0.2, -0.15) is 11.3 Å². The molecule has 1 fully saturated rings. The smallest absolute Gasteiger partial charge is 0.0936 e. The summed E-state index contributed by atoms with van der Waals surface area (Å²) in [6, 6.07) is 2.13. The summed E-state index contributed by atoms with van der Waals surface area (Å²) >= 11 is 1.72. The minimum atomic E-state index is -0.320. The molecule has 0 aromatic carbocycles. The number of aliphatic hydroxyl groups is 1. The van der Waals surface area contributed by atoms with Crippen LogP contribution in [0.25, 0.3) is 0 Å². The van der Waals surface area contributed by atoms with E-state index in [0.29, 0.717) is 0 Å². The van der Waals surface area contributed by atoms with Gasteiger partial charge in [-0.05, 0) is 48.1 Å². The van der Waals surface area contributed by atoms with Gasteiger partial charge in [0.25, 0.3) is 0 Å². The molecule has 0 radical (unpaired) electrons. The van der Waals surface area contributed by atoms with Gasteiger partial charge in [-0.15, -0.1) is 0 Å². The molecule has 1 saturated carbocycles. The van der Waals surface area contributed by atoms with Crippen molar-refractivity contribution in [2.75, 3.05) is 7.11 Å². The van der Waals surface area contributed by atoms with Crippen molar-refractivity contribution in [1.82, 2.24) is 0 Å². The van der Waals surface area contributed by atoms with Crippen LogP contribution in [0.2, 0.25) is 0 Å². The molecular weight excluding hydrogens is 220 g/mol. The third-order valence-corrected chi connectivity index (χ3v) is 4.48. The van der Waals surface area contributed by atoms with Gasteiger partial charge in [0.2, 0.25) is 0 Å². The van der Waals surface area contributed by atoms with E-state index in [1.165, 1.54) is 18.4 Å². The zero-order valence-electron chi connectivity index (χ0n) is 9.82. The lowest BCUT2D eigenvalue weighted by molar-refractivity contribution is -0.100. The van der Waals surface area contributed by atoms with Crippen LogP contribution in [0.3, 0.4) is 0 Å². The predicted octanol–water partition coefficient (Wildman–Crippen LogP) is 3.00. The van der Waals surface area contributed by atoms with Crippen LogP contribution in [0.4, 0.5) is 0 Å². The monoisotopic (exact) mass is 240 g/mol. The fraction of sp³-hybridized carbons (Fsp3) is 0.692. The van der Waals surface area contributed by atoms with Crippen LogP contribution in [-0.4, -0.2) is 23.9 Å². The van der Waals surface area contributed by atoms with Crippen LogP contribution in [0.1, 0.15) is 37.7 Å². The van der Waals surface area contributed by atoms with E-state index in [1.807, 2.05) is 0 Å². The molecule has 0 bridgehead atoms. The van der Waals surface area contributed by atoms with Crippen LogP contribution in [-0.2, 0) is 11.2 Å². The highest BCUT2D eigenvalue weighted by atomic mass is 32.1. The van der Waals surface area contributed by atoms with Crippen molar-refractivity contribution in [3.8, 4) is 0 Å². The highest BCUT2D eigenvalue weighted by Gasteiger charge is 2.40. The summed E-state index contributed by atoms with van der Waals surface area (Å²) in [5.41, 5.74) is 1.07. The number of aryl methyl sites for hydroxylation is 1. The Morgan fingerprint density at radius 2 is 2.25 bits per heavy atom. The Kier molecular flexibility index (Phi) is 4.00. The Hall–Kier alpha value is -0.380. The average molecular weight is 240 g/mol. The van der Waals surface area contributed by atoms with Crippen molar-refractivity contribution < 1.29 is 9.84 Å². The number of thiophene rings is 1. The molecule has 1 unspecified atom stereocenters. The van der Waals surface area contributed by atoms with Gasteiger partial charge in [-0.1, -0.05) is 12.8 Å². The summed E-state index contributed by atoms with van der Waals surface area (Å²) in [6.07, 6.45) is 5.83. The van der Waals surface area contributed by atoms with E-state index in [1.54, 1.807) is 18.4 Å². The van der Waals surface area contributed by atoms with Crippen molar-refractivity contribution in [3.63, 3.8) is 0 Å². The molecule has 1 heterocycles. The zero-order chi connectivity index (χ0) is 11.4. The first-order chi connectivity index (χ1) is 7.77. The van der Waals surface area contributed by atoms with Crippen LogP contribution in [0, 0.1) is 0 Å². The first kappa shape index (κ1) is 12.1. The standard InChI is InChI=1S/C13H20O2S/c1-15-13(7-2-3-8-13)12(14)5-4-11-6-9-16-10-11/h6,9-10,12,14H,2-5,7-8H2,1H3. The molecule has 0 aliphatic heterocycles. The fourth-order valence-electron chi connectivity index (χ4n) is 2.65. The van der Waals surface area contributed by atoms with E-state index in [9.17, 15) is 5.11 Å². The summed E-state index contributed by atoms with van der Waals surface area (Å²) in [4.78, 5) is 0. The molecule has 1 aliphatic carbocycles. The Labute approximate surface area is 101 Å². The minimum absolute atomic E-state index is 0.254. The number of rotatable bonds is 5. The van der Waals surface area contributed by atoms with E-state index in [2.05, 4.69) is 16.8 Å². The second-order valence-corrected chi connectivity index (χ2v) is 5.44. The van der Waals surface area contributed by atoms with Gasteiger partial charge in [0.05, 0.1) is 11.7 Å². The molecule has 0 spiro atoms. The second kappa shape index (κ2) is 5.30. The quantitative estimate of drug-likeness (QED) is 0.857. The summed E-state index contributed by atoms with van der Waals surface area (Å²) in [6.45, 7) is 0. The Bertz CT molecular complexity index is 302. The lowest BCUT2D eigenvalue weighted by Crippen LogP contribution is -2.41. The van der Waals surface area contributed by atoms with Crippen molar-refractivity contribution in [1.29, 1.82) is 0 Å². The maximum Gasteiger partial charge on any atom is 0.0936 e. The van der Waals surface area contributed by atoms with E-state index >= 15 is 0 Å². The number of aliphatic hydroxyl groups excluding tert-OH is 1. The summed E-state index contributed by atoms with van der Waals surface area (Å²) < 4.78 is 5.58. The number of hydrogen-bond donors (Lipinski definition) is 1. The highest BCUT2D eigenvalue weighted by molar-refractivity contribution is 7.07. The SMILES string of the molecule is COC1(C(O)CCc2ccsc2)CCCC1. The number of hydrogen-bond acceptors (Lipinski definition) is 3. The third kappa shape index (κ3) is 2.47. The number of ether oxygens (including phenoxy) is 1. The molecule has 90 valence electrons. The van der Waals surface area contributed by atoms with Crippen LogP contribution >= 0.6 is 11.3 Å². The molecule has 0 saturated heterocycles. The molecule has 1 aromatic heterocycles. The Morgan fingerprint density at radius 3 is 2.81 bits per heavy atom. The molecule has 2 rings (SSSR count). The van der Waals surface area contributed by atoms with E-state index in [0.717, 1.165) is 25.7 Å². The first-order valence-corrected chi connectivity index (χ1v) is 6.95. The molecule has 3 heteroatoms. The van der Waals surface area contributed by atoms with Crippen molar-refractivity contribution in [2.24, 2.45) is 0 Å². The number of methoxy groups -OCH3 is 1. The fourth-order valence-corrected chi connectivity index (χ4v) is 3.35. The normalized spacial score (nSPS) is 21.1. The molecule has 1 N–H and O–H groups in total. The lowest BCUT2D eigenvalue weighted by Gasteiger charge is -2.32. The van der Waals surface area contributed by atoms with Gasteiger partial charge in [0.1, 0.15) is 0 Å². The third-order valence-electron chi connectivity index (χ3n) is 3.75. The maximum atomic E-state index is 10.3. The van der Waals surface area contributed by atoms with Gasteiger partial charge in [0, 0.05) is 7.11 Å². The largest absolute Gasteiger partial charge is 0.390 e. The van der Waals surface area contributed by atoms with Crippen LogP contribution in [0.15, 0.2) is 16.8 Å². The lowest BCUT2D eigenvalue weighted by atomic mass is 9.90. The summed E-state index contributed by atoms with van der Waals surface area (Å²) in [5, 5.41) is 14.5. The zero-order valence-corrected chi connectivity index (χ0v) is 10.6. The molecular formula is C13H20O2S. The van der Waals surface area contributed by atoms with Gasteiger partial charge in [-0.25, -0.2) is 0 Å². The maximum absolute atomic E-state index is 10.3. The van der Waals surface area contributed by atoms with Gasteiger partial charge in [-0.3, -0.25) is 0 Å². The van der Waals surface area contributed by atoms with E-state index < -0.39 is 0 Å². The highest BCUT2D eigenvalue weighted by Crippen LogP contribution is 2.37. The topological polar surface area (TPSA) is 29.5 Å². The van der Waals surface area contributed by atoms with E-state index in [-0.39, 0.29) is 11.7 Å². The van der Waals surface area contributed by atoms with Crippen LogP contribution < -0.4 is 0 Å². The second-order valence-electron chi connectivity index (χ2n) is 4.66. The van der Waals surface area contributed by atoms with Crippen molar-refractivity contribution >= 4 is 11.3 Å². The van der Waals surface area contributed by atoms with Crippen molar-refractivity contribution in [2.45, 2.75) is 50.2 Å².